The Kier molecular flexibility index (Phi) is 4.65. The molecule has 0 bridgehead atoms. The van der Waals surface area contributed by atoms with E-state index in [9.17, 15) is 0 Å². The number of nitrogens with zero attached hydrogens (tertiary/aromatic N) is 2. The highest BCUT2D eigenvalue weighted by atomic mass is 79.9. The van der Waals surface area contributed by atoms with Crippen molar-refractivity contribution in [3.63, 3.8) is 0 Å². The van der Waals surface area contributed by atoms with Gasteiger partial charge in [-0.2, -0.15) is 0 Å². The third-order valence-corrected chi connectivity index (χ3v) is 4.00. The largest absolute Gasteiger partial charge is 0.354 e. The minimum Gasteiger partial charge on any atom is -0.354 e. The zero-order chi connectivity index (χ0) is 11.4. The van der Waals surface area contributed by atoms with E-state index in [1.165, 1.54) is 25.7 Å². The van der Waals surface area contributed by atoms with E-state index in [0.717, 1.165) is 22.2 Å². The van der Waals surface area contributed by atoms with Crippen LogP contribution in [0.3, 0.4) is 0 Å². The van der Waals surface area contributed by atoms with E-state index >= 15 is 0 Å². The van der Waals surface area contributed by atoms with Crippen molar-refractivity contribution in [2.24, 2.45) is 0 Å². The third kappa shape index (κ3) is 2.98. The molecule has 88 valence electrons. The summed E-state index contributed by atoms with van der Waals surface area (Å²) >= 11 is 6.97. The Hall–Kier alpha value is -0.0900. The first-order valence-corrected chi connectivity index (χ1v) is 7.67. The summed E-state index contributed by atoms with van der Waals surface area (Å²) < 4.78 is 1.05. The lowest BCUT2D eigenvalue weighted by molar-refractivity contribution is 0.449. The molecule has 2 nitrogen and oxygen atoms in total. The van der Waals surface area contributed by atoms with Gasteiger partial charge >= 0.3 is 0 Å². The molecule has 1 aliphatic heterocycles. The summed E-state index contributed by atoms with van der Waals surface area (Å²) in [4.78, 5) is 6.95. The molecule has 1 saturated heterocycles. The van der Waals surface area contributed by atoms with Crippen molar-refractivity contribution in [1.82, 2.24) is 4.98 Å². The van der Waals surface area contributed by atoms with Crippen molar-refractivity contribution in [3.05, 3.63) is 22.8 Å². The van der Waals surface area contributed by atoms with Gasteiger partial charge in [-0.05, 0) is 53.7 Å². The smallest absolute Gasteiger partial charge is 0.128 e. The van der Waals surface area contributed by atoms with Crippen molar-refractivity contribution in [3.8, 4) is 0 Å². The average molecular weight is 348 g/mol. The molecule has 0 spiro atoms. The van der Waals surface area contributed by atoms with Crippen LogP contribution < -0.4 is 4.90 Å². The monoisotopic (exact) mass is 346 g/mol. The maximum Gasteiger partial charge on any atom is 0.128 e. The number of hydrogen-bond donors (Lipinski definition) is 0. The zero-order valence-corrected chi connectivity index (χ0v) is 12.4. The minimum absolute atomic E-state index is 0.654. The van der Waals surface area contributed by atoms with E-state index in [4.69, 9.17) is 0 Å². The first-order chi connectivity index (χ1) is 7.81. The fourth-order valence-corrected chi connectivity index (χ4v) is 3.03. The van der Waals surface area contributed by atoms with E-state index in [1.807, 2.05) is 6.20 Å². The molecule has 1 aliphatic rings. The van der Waals surface area contributed by atoms with Crippen molar-refractivity contribution in [2.45, 2.75) is 31.7 Å². The zero-order valence-electron chi connectivity index (χ0n) is 9.20. The molecule has 2 heterocycles. The number of pyridine rings is 1. The van der Waals surface area contributed by atoms with Crippen LogP contribution in [0.2, 0.25) is 0 Å². The maximum atomic E-state index is 4.50. The predicted molar refractivity (Wildman–Crippen MR) is 75.3 cm³/mol. The summed E-state index contributed by atoms with van der Waals surface area (Å²) in [6.07, 6.45) is 7.03. The molecule has 1 aromatic heterocycles. The molecule has 1 unspecified atom stereocenters. The molecule has 1 aromatic rings. The van der Waals surface area contributed by atoms with Crippen LogP contribution >= 0.6 is 31.9 Å². The predicted octanol–water partition coefficient (Wildman–Crippen LogP) is 3.99. The summed E-state index contributed by atoms with van der Waals surface area (Å²) in [6, 6.07) is 4.83. The molecule has 1 atom stereocenters. The van der Waals surface area contributed by atoms with Gasteiger partial charge in [0, 0.05) is 28.6 Å². The molecule has 0 N–H and O–H groups in total. The molecule has 16 heavy (non-hydrogen) atoms. The van der Waals surface area contributed by atoms with Crippen molar-refractivity contribution < 1.29 is 0 Å². The van der Waals surface area contributed by atoms with Crippen LogP contribution in [-0.4, -0.2) is 22.9 Å². The highest BCUT2D eigenvalue weighted by molar-refractivity contribution is 9.10. The molecule has 0 amide bonds. The topological polar surface area (TPSA) is 16.1 Å². The van der Waals surface area contributed by atoms with Gasteiger partial charge in [0.25, 0.3) is 0 Å². The first kappa shape index (κ1) is 12.4. The van der Waals surface area contributed by atoms with Crippen LogP contribution in [0.1, 0.15) is 25.7 Å². The van der Waals surface area contributed by atoms with Gasteiger partial charge in [0.05, 0.1) is 0 Å². The van der Waals surface area contributed by atoms with Crippen LogP contribution in [0.4, 0.5) is 5.82 Å². The van der Waals surface area contributed by atoms with E-state index in [0.29, 0.717) is 6.04 Å². The van der Waals surface area contributed by atoms with Crippen LogP contribution in [0.25, 0.3) is 0 Å². The Bertz CT molecular complexity index is 324. The van der Waals surface area contributed by atoms with E-state index in [-0.39, 0.29) is 0 Å². The Morgan fingerprint density at radius 2 is 2.25 bits per heavy atom. The number of anilines is 1. The second-order valence-corrected chi connectivity index (χ2v) is 5.86. The van der Waals surface area contributed by atoms with Crippen LogP contribution in [0.15, 0.2) is 22.8 Å². The van der Waals surface area contributed by atoms with Gasteiger partial charge in [0.15, 0.2) is 0 Å². The minimum atomic E-state index is 0.654. The second kappa shape index (κ2) is 6.01. The fourth-order valence-electron chi connectivity index (χ4n) is 2.27. The van der Waals surface area contributed by atoms with E-state index in [1.54, 1.807) is 0 Å². The summed E-state index contributed by atoms with van der Waals surface area (Å²) in [5.74, 6) is 1.12. The normalized spacial score (nSPS) is 21.1. The van der Waals surface area contributed by atoms with Gasteiger partial charge in [0.1, 0.15) is 5.82 Å². The number of halogens is 2. The van der Waals surface area contributed by atoms with Gasteiger partial charge in [-0.15, -0.1) is 0 Å². The first-order valence-electron chi connectivity index (χ1n) is 5.75. The molecular weight excluding hydrogens is 332 g/mol. The Labute approximate surface area is 114 Å². The molecule has 0 aliphatic carbocycles. The summed E-state index contributed by atoms with van der Waals surface area (Å²) in [5, 5.41) is 1.07. The van der Waals surface area contributed by atoms with E-state index in [2.05, 4.69) is 53.9 Å². The summed E-state index contributed by atoms with van der Waals surface area (Å²) in [7, 11) is 0. The average Bonchev–Trinajstić information content (AvgIpc) is 2.32. The molecule has 0 saturated carbocycles. The van der Waals surface area contributed by atoms with Crippen molar-refractivity contribution >= 4 is 37.7 Å². The van der Waals surface area contributed by atoms with Crippen LogP contribution in [0, 0.1) is 0 Å². The fraction of sp³-hybridized carbons (Fsp3) is 0.583. The summed E-state index contributed by atoms with van der Waals surface area (Å²) in [5.41, 5.74) is 0. The third-order valence-electron chi connectivity index (χ3n) is 3.08. The Morgan fingerprint density at radius 1 is 1.38 bits per heavy atom. The summed E-state index contributed by atoms with van der Waals surface area (Å²) in [6.45, 7) is 1.15. The van der Waals surface area contributed by atoms with Gasteiger partial charge in [-0.25, -0.2) is 4.98 Å². The molecule has 4 heteroatoms. The molecule has 2 rings (SSSR count). The van der Waals surface area contributed by atoms with Gasteiger partial charge in [-0.3, -0.25) is 0 Å². The molecule has 0 radical (unpaired) electrons. The highest BCUT2D eigenvalue weighted by Crippen LogP contribution is 2.26. The number of alkyl halides is 1. The number of hydrogen-bond acceptors (Lipinski definition) is 2. The molecule has 0 aromatic carbocycles. The SMILES string of the molecule is BrCCC1CCCCN1c1ccc(Br)cn1. The maximum absolute atomic E-state index is 4.50. The lowest BCUT2D eigenvalue weighted by Crippen LogP contribution is -2.40. The second-order valence-electron chi connectivity index (χ2n) is 4.16. The molecular formula is C12H16Br2N2. The van der Waals surface area contributed by atoms with Gasteiger partial charge in [-0.1, -0.05) is 15.9 Å². The quantitative estimate of drug-likeness (QED) is 0.768. The lowest BCUT2D eigenvalue weighted by Gasteiger charge is -2.36. The van der Waals surface area contributed by atoms with Gasteiger partial charge < -0.3 is 4.90 Å². The van der Waals surface area contributed by atoms with Crippen molar-refractivity contribution in [1.29, 1.82) is 0 Å². The standard InChI is InChI=1S/C12H16Br2N2/c13-7-6-11-3-1-2-8-16(11)12-5-4-10(14)9-15-12/h4-5,9,11H,1-3,6-8H2. The number of aromatic nitrogens is 1. The number of rotatable bonds is 3. The lowest BCUT2D eigenvalue weighted by atomic mass is 10.00. The Balaban J connectivity index is 2.13. The van der Waals surface area contributed by atoms with Crippen LogP contribution in [0.5, 0.6) is 0 Å². The highest BCUT2D eigenvalue weighted by Gasteiger charge is 2.22. The van der Waals surface area contributed by atoms with E-state index < -0.39 is 0 Å². The van der Waals surface area contributed by atoms with Crippen LogP contribution in [-0.2, 0) is 0 Å². The van der Waals surface area contributed by atoms with Gasteiger partial charge in [0.2, 0.25) is 0 Å². The number of piperidine rings is 1. The van der Waals surface area contributed by atoms with Crippen molar-refractivity contribution in [2.75, 3.05) is 16.8 Å². The molecule has 1 fully saturated rings. The Morgan fingerprint density at radius 3 is 2.94 bits per heavy atom.